The Morgan fingerprint density at radius 3 is 2.41 bits per heavy atom. The minimum absolute atomic E-state index is 0. The molecule has 0 bridgehead atoms. The second-order valence-electron chi connectivity index (χ2n) is 12.5. The molecule has 10 nitrogen and oxygen atoms in total. The first kappa shape index (κ1) is 35.6. The van der Waals surface area contributed by atoms with Crippen molar-refractivity contribution in [3.63, 3.8) is 0 Å². The minimum atomic E-state index is -2.30. The molecule has 2 unspecified atom stereocenters. The van der Waals surface area contributed by atoms with E-state index in [4.69, 9.17) is 23.5 Å². The summed E-state index contributed by atoms with van der Waals surface area (Å²) >= 11 is 0. The van der Waals surface area contributed by atoms with E-state index in [0.717, 1.165) is 0 Å². The highest BCUT2D eigenvalue weighted by molar-refractivity contribution is 7.44. The molecule has 12 heteroatoms. The molecular weight excluding hydrogens is 557 g/mol. The summed E-state index contributed by atoms with van der Waals surface area (Å²) in [5.74, 6) is 0.538. The van der Waals surface area contributed by atoms with E-state index in [1.807, 2.05) is 10.8 Å². The molecule has 41 heavy (non-hydrogen) atoms. The first-order chi connectivity index (χ1) is 18.6. The fourth-order valence-electron chi connectivity index (χ4n) is 4.79. The van der Waals surface area contributed by atoms with Crippen molar-refractivity contribution in [2.75, 3.05) is 6.61 Å². The molecule has 0 saturated carbocycles. The second-order valence-corrected chi connectivity index (χ2v) is 18.7. The first-order valence-electron chi connectivity index (χ1n) is 14.3. The number of ether oxygens (including phenoxy) is 1. The van der Waals surface area contributed by atoms with Crippen molar-refractivity contribution in [3.8, 4) is 6.07 Å². The molecule has 2 aromatic heterocycles. The summed E-state index contributed by atoms with van der Waals surface area (Å²) in [6.07, 6.45) is 1.13. The van der Waals surface area contributed by atoms with E-state index in [9.17, 15) is 4.79 Å². The van der Waals surface area contributed by atoms with E-state index in [1.165, 1.54) is 0 Å². The van der Waals surface area contributed by atoms with E-state index in [0.29, 0.717) is 23.3 Å². The molecule has 1 aliphatic rings. The molecule has 1 aliphatic heterocycles. The Kier molecular flexibility index (Phi) is 12.3. The number of H-pyrrole nitrogens is 1. The molecule has 3 rings (SSSR count). The zero-order valence-electron chi connectivity index (χ0n) is 26.0. The standard InChI is InChI=1S/C28H48N5O5PSi.CH4/c1-12-22-23(37-39(35-17-13-15-29)33(18(2)3)19(4)5)24(38-40(10,11)28(7,8)9)27(36-22)32-16-14-21-25(32)30-20(6)31-26(21)34;/h14,16,18-19,22-24,27H,12-13,17H2,1-11H3,(H,30,31,34);1H4/t22-,23?,24+,27-,39?;/m1./s1. The molecule has 3 heterocycles. The van der Waals surface area contributed by atoms with Gasteiger partial charge in [-0.3, -0.25) is 4.79 Å². The van der Waals surface area contributed by atoms with Gasteiger partial charge in [0.1, 0.15) is 23.7 Å². The van der Waals surface area contributed by atoms with E-state index in [2.05, 4.69) is 89.2 Å². The van der Waals surface area contributed by atoms with Crippen molar-refractivity contribution in [2.24, 2.45) is 0 Å². The fourth-order valence-corrected chi connectivity index (χ4v) is 7.84. The number of aromatic nitrogens is 3. The minimum Gasteiger partial charge on any atom is -0.407 e. The number of nitriles is 1. The van der Waals surface area contributed by atoms with Crippen molar-refractivity contribution in [1.29, 1.82) is 5.26 Å². The van der Waals surface area contributed by atoms with Gasteiger partial charge in [-0.2, -0.15) is 5.26 Å². The van der Waals surface area contributed by atoms with Gasteiger partial charge in [0.15, 0.2) is 14.5 Å². The zero-order chi connectivity index (χ0) is 30.0. The molecule has 1 N–H and O–H groups in total. The third-order valence-electron chi connectivity index (χ3n) is 7.77. The smallest absolute Gasteiger partial charge is 0.260 e. The molecule has 1 fully saturated rings. The Hall–Kier alpha value is -1.64. The number of aromatic amines is 1. The maximum absolute atomic E-state index is 12.7. The maximum atomic E-state index is 12.7. The summed E-state index contributed by atoms with van der Waals surface area (Å²) in [5.41, 5.74) is 0.379. The SMILES string of the molecule is C.CC[C@H]1O[C@@H](n2ccc3c(=O)[nH]c(C)nc32)[C@@H](O[Si](C)(C)C(C)(C)C)C1OP(OCCC#N)N(C(C)C)C(C)C. The van der Waals surface area contributed by atoms with Crippen LogP contribution in [0.15, 0.2) is 17.1 Å². The van der Waals surface area contributed by atoms with Crippen molar-refractivity contribution in [1.82, 2.24) is 19.2 Å². The molecule has 0 radical (unpaired) electrons. The second kappa shape index (κ2) is 14.2. The van der Waals surface area contributed by atoms with Crippen LogP contribution in [0.25, 0.3) is 11.0 Å². The quantitative estimate of drug-likeness (QED) is 0.155. The number of aryl methyl sites for hydroxylation is 1. The fraction of sp³-hybridized carbons (Fsp3) is 0.759. The predicted molar refractivity (Wildman–Crippen MR) is 168 cm³/mol. The summed E-state index contributed by atoms with van der Waals surface area (Å²) in [7, 11) is -3.82. The van der Waals surface area contributed by atoms with E-state index < -0.39 is 35.3 Å². The normalized spacial score (nSPS) is 22.5. The van der Waals surface area contributed by atoms with Gasteiger partial charge in [-0.05, 0) is 65.2 Å². The molecule has 0 aliphatic carbocycles. The van der Waals surface area contributed by atoms with Gasteiger partial charge >= 0.3 is 0 Å². The van der Waals surface area contributed by atoms with Crippen LogP contribution in [0.2, 0.25) is 18.1 Å². The molecule has 5 atom stereocenters. The average molecular weight is 610 g/mol. The van der Waals surface area contributed by atoms with Crippen LogP contribution in [0, 0.1) is 18.3 Å². The van der Waals surface area contributed by atoms with E-state index >= 15 is 0 Å². The van der Waals surface area contributed by atoms with Crippen molar-refractivity contribution in [3.05, 3.63) is 28.4 Å². The lowest BCUT2D eigenvalue weighted by molar-refractivity contribution is -0.0321. The Balaban J connectivity index is 0.00000588. The van der Waals surface area contributed by atoms with Gasteiger partial charge in [-0.1, -0.05) is 35.1 Å². The van der Waals surface area contributed by atoms with E-state index in [-0.39, 0.29) is 49.2 Å². The van der Waals surface area contributed by atoms with Crippen LogP contribution in [-0.2, 0) is 18.2 Å². The predicted octanol–water partition coefficient (Wildman–Crippen LogP) is 7.03. The number of hydrogen-bond acceptors (Lipinski definition) is 8. The molecule has 0 amide bonds. The Morgan fingerprint density at radius 1 is 1.24 bits per heavy atom. The Labute approximate surface area is 248 Å². The Morgan fingerprint density at radius 2 is 1.88 bits per heavy atom. The summed E-state index contributed by atoms with van der Waals surface area (Å²) < 4.78 is 31.2. The third-order valence-corrected chi connectivity index (χ3v) is 14.4. The summed E-state index contributed by atoms with van der Waals surface area (Å²) in [6.45, 7) is 23.7. The lowest BCUT2D eigenvalue weighted by Crippen LogP contribution is -2.49. The summed E-state index contributed by atoms with van der Waals surface area (Å²) in [4.78, 5) is 20.1. The zero-order valence-corrected chi connectivity index (χ0v) is 27.9. The highest BCUT2D eigenvalue weighted by Crippen LogP contribution is 2.52. The van der Waals surface area contributed by atoms with Gasteiger partial charge in [0, 0.05) is 18.3 Å². The molecule has 232 valence electrons. The average Bonchev–Trinajstić information content (AvgIpc) is 3.39. The van der Waals surface area contributed by atoms with Gasteiger partial charge in [-0.25, -0.2) is 9.65 Å². The molecular formula is C29H52N5O5PSi. The van der Waals surface area contributed by atoms with Crippen molar-refractivity contribution in [2.45, 2.75) is 137 Å². The largest absolute Gasteiger partial charge is 0.407 e. The molecule has 1 saturated heterocycles. The number of rotatable bonds is 12. The third kappa shape index (κ3) is 7.85. The molecule has 2 aromatic rings. The monoisotopic (exact) mass is 609 g/mol. The number of fused-ring (bicyclic) bond motifs is 1. The highest BCUT2D eigenvalue weighted by Gasteiger charge is 2.52. The van der Waals surface area contributed by atoms with Crippen LogP contribution in [0.4, 0.5) is 0 Å². The number of hydrogen-bond donors (Lipinski definition) is 1. The van der Waals surface area contributed by atoms with Crippen molar-refractivity contribution >= 4 is 27.9 Å². The van der Waals surface area contributed by atoms with Gasteiger partial charge in [0.2, 0.25) is 0 Å². The lowest BCUT2D eigenvalue weighted by atomic mass is 10.1. The number of nitrogens with one attached hydrogen (secondary N) is 1. The summed E-state index contributed by atoms with van der Waals surface area (Å²) in [5, 5.41) is 9.62. The van der Waals surface area contributed by atoms with Crippen LogP contribution in [0.1, 0.15) is 87.7 Å². The highest BCUT2D eigenvalue weighted by atomic mass is 31.2. The van der Waals surface area contributed by atoms with Gasteiger partial charge in [-0.15, -0.1) is 0 Å². The van der Waals surface area contributed by atoms with Crippen LogP contribution in [0.3, 0.4) is 0 Å². The van der Waals surface area contributed by atoms with Crippen LogP contribution in [-0.4, -0.2) is 64.5 Å². The van der Waals surface area contributed by atoms with E-state index in [1.54, 1.807) is 13.0 Å². The first-order valence-corrected chi connectivity index (χ1v) is 18.3. The van der Waals surface area contributed by atoms with Crippen LogP contribution in [0.5, 0.6) is 0 Å². The number of nitrogens with zero attached hydrogens (tertiary/aromatic N) is 4. The van der Waals surface area contributed by atoms with Crippen molar-refractivity contribution < 1.29 is 18.2 Å². The molecule has 0 spiro atoms. The van der Waals surface area contributed by atoms with Gasteiger partial charge in [0.05, 0.1) is 30.6 Å². The van der Waals surface area contributed by atoms with Gasteiger partial charge in [0.25, 0.3) is 14.1 Å². The van der Waals surface area contributed by atoms with Gasteiger partial charge < -0.3 is 27.8 Å². The molecule has 0 aromatic carbocycles. The lowest BCUT2D eigenvalue weighted by Gasteiger charge is -2.42. The van der Waals surface area contributed by atoms with Crippen LogP contribution < -0.4 is 5.56 Å². The van der Waals surface area contributed by atoms with Crippen LogP contribution >= 0.6 is 8.53 Å². The topological polar surface area (TPSA) is 115 Å². The Bertz CT molecular complexity index is 1230. The maximum Gasteiger partial charge on any atom is 0.260 e. The summed E-state index contributed by atoms with van der Waals surface area (Å²) in [6, 6.07) is 4.28.